The van der Waals surface area contributed by atoms with E-state index in [1.54, 1.807) is 7.11 Å². The molecule has 0 bridgehead atoms. The van der Waals surface area contributed by atoms with Crippen molar-refractivity contribution in [3.05, 3.63) is 42.1 Å². The summed E-state index contributed by atoms with van der Waals surface area (Å²) in [7, 11) is 1.61. The standard InChI is InChI=1S/C15H16F2N2O3/c1-20-5-2-6-21-11-8-14(15(18)19-9-11)22-13-4-3-10(16)7-12(13)17/h3-4,7-9H,2,5-6H2,1H3,(H2,18,19). The minimum absolute atomic E-state index is 0.0768. The molecule has 1 aromatic heterocycles. The van der Waals surface area contributed by atoms with Crippen LogP contribution in [-0.4, -0.2) is 25.3 Å². The van der Waals surface area contributed by atoms with Crippen LogP contribution in [0.1, 0.15) is 6.42 Å². The van der Waals surface area contributed by atoms with Crippen LogP contribution in [0, 0.1) is 11.6 Å². The molecule has 0 aliphatic carbocycles. The highest BCUT2D eigenvalue weighted by Gasteiger charge is 2.10. The van der Waals surface area contributed by atoms with Crippen molar-refractivity contribution < 1.29 is 23.0 Å². The second kappa shape index (κ2) is 7.56. The third-order valence-electron chi connectivity index (χ3n) is 2.73. The molecule has 1 heterocycles. The fourth-order valence-electron chi connectivity index (χ4n) is 1.67. The monoisotopic (exact) mass is 310 g/mol. The Kier molecular flexibility index (Phi) is 5.48. The van der Waals surface area contributed by atoms with Gasteiger partial charge in [0.2, 0.25) is 0 Å². The molecular weight excluding hydrogens is 294 g/mol. The Balaban J connectivity index is 2.09. The molecule has 0 fully saturated rings. The van der Waals surface area contributed by atoms with Crippen molar-refractivity contribution in [2.24, 2.45) is 0 Å². The number of ether oxygens (including phenoxy) is 3. The topological polar surface area (TPSA) is 66.6 Å². The van der Waals surface area contributed by atoms with Gasteiger partial charge in [-0.05, 0) is 12.1 Å². The number of halogens is 2. The first kappa shape index (κ1) is 16.0. The fraction of sp³-hybridized carbons (Fsp3) is 0.267. The Morgan fingerprint density at radius 1 is 1.14 bits per heavy atom. The molecule has 0 amide bonds. The number of nitrogen functional groups attached to an aromatic ring is 1. The van der Waals surface area contributed by atoms with Crippen molar-refractivity contribution >= 4 is 5.82 Å². The highest BCUT2D eigenvalue weighted by molar-refractivity contribution is 5.51. The summed E-state index contributed by atoms with van der Waals surface area (Å²) < 4.78 is 42.2. The molecular formula is C15H16F2N2O3. The molecule has 0 aliphatic heterocycles. The van der Waals surface area contributed by atoms with E-state index >= 15 is 0 Å². The fourth-order valence-corrected chi connectivity index (χ4v) is 1.67. The van der Waals surface area contributed by atoms with E-state index in [1.165, 1.54) is 18.3 Å². The first-order valence-corrected chi connectivity index (χ1v) is 6.60. The van der Waals surface area contributed by atoms with Crippen LogP contribution in [0.15, 0.2) is 30.5 Å². The van der Waals surface area contributed by atoms with Gasteiger partial charge in [-0.15, -0.1) is 0 Å². The zero-order valence-corrected chi connectivity index (χ0v) is 12.0. The molecule has 0 saturated heterocycles. The lowest BCUT2D eigenvalue weighted by molar-refractivity contribution is 0.172. The first-order valence-electron chi connectivity index (χ1n) is 6.60. The third kappa shape index (κ3) is 4.29. The number of hydrogen-bond acceptors (Lipinski definition) is 5. The summed E-state index contributed by atoms with van der Waals surface area (Å²) in [6.45, 7) is 1.01. The van der Waals surface area contributed by atoms with Gasteiger partial charge in [0, 0.05) is 32.3 Å². The van der Waals surface area contributed by atoms with Gasteiger partial charge in [0.1, 0.15) is 11.6 Å². The Hall–Kier alpha value is -2.41. The largest absolute Gasteiger partial charge is 0.492 e. The molecule has 118 valence electrons. The van der Waals surface area contributed by atoms with Gasteiger partial charge in [0.25, 0.3) is 0 Å². The molecule has 0 spiro atoms. The molecule has 2 N–H and O–H groups in total. The Morgan fingerprint density at radius 3 is 2.68 bits per heavy atom. The highest BCUT2D eigenvalue weighted by Crippen LogP contribution is 2.31. The average molecular weight is 310 g/mol. The molecule has 1 aromatic carbocycles. The Labute approximate surface area is 126 Å². The van der Waals surface area contributed by atoms with Gasteiger partial charge < -0.3 is 19.9 Å². The van der Waals surface area contributed by atoms with Gasteiger partial charge in [-0.25, -0.2) is 13.8 Å². The molecule has 0 saturated carbocycles. The number of methoxy groups -OCH3 is 1. The number of pyridine rings is 1. The summed E-state index contributed by atoms with van der Waals surface area (Å²) in [5.74, 6) is -1.02. The molecule has 22 heavy (non-hydrogen) atoms. The summed E-state index contributed by atoms with van der Waals surface area (Å²) in [6.07, 6.45) is 2.15. The lowest BCUT2D eigenvalue weighted by atomic mass is 10.3. The summed E-state index contributed by atoms with van der Waals surface area (Å²) in [5, 5.41) is 0. The molecule has 2 aromatic rings. The number of aromatic nitrogens is 1. The van der Waals surface area contributed by atoms with E-state index in [0.717, 1.165) is 12.1 Å². The molecule has 0 unspecified atom stereocenters. The minimum Gasteiger partial charge on any atom is -0.492 e. The van der Waals surface area contributed by atoms with E-state index in [1.807, 2.05) is 0 Å². The number of benzene rings is 1. The van der Waals surface area contributed by atoms with Gasteiger partial charge in [-0.3, -0.25) is 0 Å². The van der Waals surface area contributed by atoms with E-state index in [9.17, 15) is 8.78 Å². The van der Waals surface area contributed by atoms with Crippen LogP contribution in [0.25, 0.3) is 0 Å². The zero-order chi connectivity index (χ0) is 15.9. The van der Waals surface area contributed by atoms with Crippen LogP contribution in [0.4, 0.5) is 14.6 Å². The van der Waals surface area contributed by atoms with Crippen LogP contribution >= 0.6 is 0 Å². The van der Waals surface area contributed by atoms with Crippen LogP contribution in [0.2, 0.25) is 0 Å². The van der Waals surface area contributed by atoms with Crippen LogP contribution in [0.5, 0.6) is 17.2 Å². The molecule has 0 atom stereocenters. The van der Waals surface area contributed by atoms with Gasteiger partial charge in [0.05, 0.1) is 12.8 Å². The number of anilines is 1. The van der Waals surface area contributed by atoms with E-state index < -0.39 is 11.6 Å². The van der Waals surface area contributed by atoms with Gasteiger partial charge >= 0.3 is 0 Å². The molecule has 7 heteroatoms. The van der Waals surface area contributed by atoms with Crippen LogP contribution < -0.4 is 15.2 Å². The average Bonchev–Trinajstić information content (AvgIpc) is 2.49. The van der Waals surface area contributed by atoms with Crippen molar-refractivity contribution in [1.29, 1.82) is 0 Å². The Morgan fingerprint density at radius 2 is 1.95 bits per heavy atom. The van der Waals surface area contributed by atoms with Gasteiger partial charge in [-0.2, -0.15) is 0 Å². The van der Waals surface area contributed by atoms with Crippen molar-refractivity contribution in [2.45, 2.75) is 6.42 Å². The van der Waals surface area contributed by atoms with Crippen LogP contribution in [-0.2, 0) is 4.74 Å². The maximum absolute atomic E-state index is 13.6. The van der Waals surface area contributed by atoms with Crippen molar-refractivity contribution in [1.82, 2.24) is 4.98 Å². The lowest BCUT2D eigenvalue weighted by Crippen LogP contribution is -2.03. The predicted octanol–water partition coefficient (Wildman–Crippen LogP) is 3.15. The number of nitrogens with zero attached hydrogens (tertiary/aromatic N) is 1. The minimum atomic E-state index is -0.828. The SMILES string of the molecule is COCCCOc1cnc(N)c(Oc2ccc(F)cc2F)c1. The first-order chi connectivity index (χ1) is 10.6. The van der Waals surface area contributed by atoms with Crippen LogP contribution in [0.3, 0.4) is 0 Å². The van der Waals surface area contributed by atoms with Gasteiger partial charge in [0.15, 0.2) is 23.1 Å². The molecule has 0 radical (unpaired) electrons. The summed E-state index contributed by atoms with van der Waals surface area (Å²) in [6, 6.07) is 4.49. The summed E-state index contributed by atoms with van der Waals surface area (Å²) >= 11 is 0. The maximum Gasteiger partial charge on any atom is 0.173 e. The molecule has 2 rings (SSSR count). The van der Waals surface area contributed by atoms with Crippen molar-refractivity contribution in [3.8, 4) is 17.2 Å². The quantitative estimate of drug-likeness (QED) is 0.796. The third-order valence-corrected chi connectivity index (χ3v) is 2.73. The van der Waals surface area contributed by atoms with Crippen molar-refractivity contribution in [2.75, 3.05) is 26.1 Å². The van der Waals surface area contributed by atoms with Crippen molar-refractivity contribution in [3.63, 3.8) is 0 Å². The summed E-state index contributed by atoms with van der Waals surface area (Å²) in [4.78, 5) is 3.92. The van der Waals surface area contributed by atoms with E-state index in [0.29, 0.717) is 25.4 Å². The number of hydrogen-bond donors (Lipinski definition) is 1. The maximum atomic E-state index is 13.6. The number of nitrogens with two attached hydrogens (primary N) is 1. The van der Waals surface area contributed by atoms with Gasteiger partial charge in [-0.1, -0.05) is 0 Å². The predicted molar refractivity (Wildman–Crippen MR) is 77.1 cm³/mol. The van der Waals surface area contributed by atoms with E-state index in [2.05, 4.69) is 4.98 Å². The van der Waals surface area contributed by atoms with E-state index in [-0.39, 0.29) is 17.3 Å². The molecule has 5 nitrogen and oxygen atoms in total. The second-order valence-electron chi connectivity index (χ2n) is 4.43. The molecule has 0 aliphatic rings. The van der Waals surface area contributed by atoms with E-state index in [4.69, 9.17) is 19.9 Å². The highest BCUT2D eigenvalue weighted by atomic mass is 19.1. The summed E-state index contributed by atoms with van der Waals surface area (Å²) in [5.41, 5.74) is 5.69. The Bertz CT molecular complexity index is 638. The lowest BCUT2D eigenvalue weighted by Gasteiger charge is -2.11. The smallest absolute Gasteiger partial charge is 0.173 e. The zero-order valence-electron chi connectivity index (χ0n) is 12.0. The number of rotatable bonds is 7. The normalized spacial score (nSPS) is 10.5. The second-order valence-corrected chi connectivity index (χ2v) is 4.43.